The Morgan fingerprint density at radius 2 is 1.72 bits per heavy atom. The highest BCUT2D eigenvalue weighted by molar-refractivity contribution is 5.79. The summed E-state index contributed by atoms with van der Waals surface area (Å²) in [6, 6.07) is 17.1. The molecule has 0 aromatic heterocycles. The maximum absolute atomic E-state index is 10.1. The predicted octanol–water partition coefficient (Wildman–Crippen LogP) is 4.60. The molecule has 29 heavy (non-hydrogen) atoms. The molecule has 2 aliphatic heterocycles. The monoisotopic (exact) mass is 390 g/mol. The highest BCUT2D eigenvalue weighted by Gasteiger charge is 2.38. The van der Waals surface area contributed by atoms with Crippen LogP contribution in [0.25, 0.3) is 5.57 Å². The Labute approximate surface area is 172 Å². The molecule has 150 valence electrons. The molecule has 0 bridgehead atoms. The van der Waals surface area contributed by atoms with Crippen LogP contribution in [0.2, 0.25) is 0 Å². The first-order valence-electron chi connectivity index (χ1n) is 9.97. The van der Waals surface area contributed by atoms with E-state index in [1.165, 1.54) is 5.56 Å². The van der Waals surface area contributed by atoms with Gasteiger partial charge in [0.2, 0.25) is 0 Å². The van der Waals surface area contributed by atoms with Crippen LogP contribution in [0.5, 0.6) is 17.2 Å². The van der Waals surface area contributed by atoms with Crippen LogP contribution in [0.3, 0.4) is 0 Å². The van der Waals surface area contributed by atoms with Gasteiger partial charge in [-0.25, -0.2) is 0 Å². The van der Waals surface area contributed by atoms with Crippen molar-refractivity contribution < 1.29 is 14.2 Å². The first-order chi connectivity index (χ1) is 14.2. The average molecular weight is 390 g/mol. The molecule has 1 fully saturated rings. The van der Waals surface area contributed by atoms with Crippen LogP contribution in [-0.4, -0.2) is 38.8 Å². The van der Waals surface area contributed by atoms with Gasteiger partial charge in [-0.2, -0.15) is 5.26 Å². The summed E-state index contributed by atoms with van der Waals surface area (Å²) in [5, 5.41) is 10.1. The van der Waals surface area contributed by atoms with Crippen LogP contribution >= 0.6 is 0 Å². The molecule has 0 radical (unpaired) electrons. The van der Waals surface area contributed by atoms with Crippen molar-refractivity contribution in [3.63, 3.8) is 0 Å². The van der Waals surface area contributed by atoms with Gasteiger partial charge in [0.05, 0.1) is 21.3 Å². The first-order valence-corrected chi connectivity index (χ1v) is 9.97. The van der Waals surface area contributed by atoms with Gasteiger partial charge in [-0.3, -0.25) is 0 Å². The lowest BCUT2D eigenvalue weighted by Crippen LogP contribution is -2.35. The van der Waals surface area contributed by atoms with E-state index in [2.05, 4.69) is 23.1 Å². The molecule has 2 unspecified atom stereocenters. The van der Waals surface area contributed by atoms with E-state index < -0.39 is 0 Å². The number of benzene rings is 2. The van der Waals surface area contributed by atoms with Crippen molar-refractivity contribution in [3.05, 3.63) is 59.3 Å². The Morgan fingerprint density at radius 1 is 0.966 bits per heavy atom. The third kappa shape index (κ3) is 3.40. The molecule has 0 aliphatic carbocycles. The van der Waals surface area contributed by atoms with Crippen molar-refractivity contribution in [2.45, 2.75) is 31.2 Å². The van der Waals surface area contributed by atoms with Gasteiger partial charge in [-0.15, -0.1) is 0 Å². The fraction of sp³-hybridized carbons (Fsp3) is 0.375. The van der Waals surface area contributed by atoms with Crippen LogP contribution in [-0.2, 0) is 0 Å². The summed E-state index contributed by atoms with van der Waals surface area (Å²) in [4.78, 5) is 2.30. The molecule has 2 aromatic carbocycles. The van der Waals surface area contributed by atoms with E-state index >= 15 is 0 Å². The third-order valence-corrected chi connectivity index (χ3v) is 6.09. The van der Waals surface area contributed by atoms with Crippen molar-refractivity contribution in [1.82, 2.24) is 4.90 Å². The molecule has 0 amide bonds. The van der Waals surface area contributed by atoms with E-state index in [-0.39, 0.29) is 5.92 Å². The van der Waals surface area contributed by atoms with Crippen molar-refractivity contribution in [3.8, 4) is 23.3 Å². The molecule has 1 saturated heterocycles. The summed E-state index contributed by atoms with van der Waals surface area (Å²) in [5.41, 5.74) is 4.06. The zero-order valence-corrected chi connectivity index (χ0v) is 17.1. The number of methoxy groups -OCH3 is 3. The number of nitriles is 1. The SMILES string of the molecule is COc1ccc(C2CC3CCCN3C(C#N)=C2c2ccc(OC)c(OC)c2)cc1. The van der Waals surface area contributed by atoms with Gasteiger partial charge < -0.3 is 19.1 Å². The van der Waals surface area contributed by atoms with Gasteiger partial charge in [0.15, 0.2) is 11.5 Å². The lowest BCUT2D eigenvalue weighted by atomic mass is 9.78. The Hall–Kier alpha value is -3.13. The van der Waals surface area contributed by atoms with E-state index in [4.69, 9.17) is 14.2 Å². The number of hydrogen-bond acceptors (Lipinski definition) is 5. The van der Waals surface area contributed by atoms with Crippen molar-refractivity contribution in [1.29, 1.82) is 5.26 Å². The number of allylic oxidation sites excluding steroid dienone is 2. The number of fused-ring (bicyclic) bond motifs is 1. The maximum atomic E-state index is 10.1. The Balaban J connectivity index is 1.87. The summed E-state index contributed by atoms with van der Waals surface area (Å²) in [5.74, 6) is 2.34. The van der Waals surface area contributed by atoms with Crippen LogP contribution in [0.4, 0.5) is 0 Å². The van der Waals surface area contributed by atoms with E-state index in [9.17, 15) is 5.26 Å². The second-order valence-corrected chi connectivity index (χ2v) is 7.49. The first kappa shape index (κ1) is 19.2. The highest BCUT2D eigenvalue weighted by atomic mass is 16.5. The fourth-order valence-electron chi connectivity index (χ4n) is 4.69. The van der Waals surface area contributed by atoms with Gasteiger partial charge in [0, 0.05) is 24.1 Å². The molecule has 0 N–H and O–H groups in total. The van der Waals surface area contributed by atoms with Crippen LogP contribution in [0.15, 0.2) is 48.2 Å². The Morgan fingerprint density at radius 3 is 2.38 bits per heavy atom. The minimum absolute atomic E-state index is 0.146. The molecule has 2 atom stereocenters. The predicted molar refractivity (Wildman–Crippen MR) is 112 cm³/mol. The number of nitrogens with zero attached hydrogens (tertiary/aromatic N) is 2. The molecular weight excluding hydrogens is 364 g/mol. The zero-order chi connectivity index (χ0) is 20.4. The lowest BCUT2D eigenvalue weighted by Gasteiger charge is -2.38. The maximum Gasteiger partial charge on any atom is 0.161 e. The lowest BCUT2D eigenvalue weighted by molar-refractivity contribution is 0.293. The van der Waals surface area contributed by atoms with Crippen LogP contribution < -0.4 is 14.2 Å². The quantitative estimate of drug-likeness (QED) is 0.747. The molecule has 2 aromatic rings. The topological polar surface area (TPSA) is 54.7 Å². The molecule has 2 heterocycles. The standard InChI is InChI=1S/C24H26N2O3/c1-27-19-9-6-16(7-10-19)20-14-18-5-4-12-26(18)21(15-25)24(20)17-8-11-22(28-2)23(13-17)29-3/h6-11,13,18,20H,4-5,12,14H2,1-3H3. The van der Waals surface area contributed by atoms with Gasteiger partial charge in [-0.1, -0.05) is 18.2 Å². The largest absolute Gasteiger partial charge is 0.497 e. The van der Waals surface area contributed by atoms with Crippen LogP contribution in [0.1, 0.15) is 36.3 Å². The van der Waals surface area contributed by atoms with Gasteiger partial charge >= 0.3 is 0 Å². The van der Waals surface area contributed by atoms with Gasteiger partial charge in [-0.05, 0) is 54.7 Å². The molecule has 0 saturated carbocycles. The van der Waals surface area contributed by atoms with Crippen LogP contribution in [0, 0.1) is 11.3 Å². The minimum Gasteiger partial charge on any atom is -0.497 e. The average Bonchev–Trinajstić information content (AvgIpc) is 3.25. The molecule has 0 spiro atoms. The second kappa shape index (κ2) is 8.08. The second-order valence-electron chi connectivity index (χ2n) is 7.49. The molecule has 5 nitrogen and oxygen atoms in total. The zero-order valence-electron chi connectivity index (χ0n) is 17.1. The van der Waals surface area contributed by atoms with E-state index in [0.717, 1.165) is 48.4 Å². The third-order valence-electron chi connectivity index (χ3n) is 6.09. The van der Waals surface area contributed by atoms with Gasteiger partial charge in [0.1, 0.15) is 17.5 Å². The molecule has 4 rings (SSSR count). The number of ether oxygens (including phenoxy) is 3. The smallest absolute Gasteiger partial charge is 0.161 e. The van der Waals surface area contributed by atoms with Crippen molar-refractivity contribution in [2.24, 2.45) is 0 Å². The summed E-state index contributed by atoms with van der Waals surface area (Å²) < 4.78 is 16.3. The number of hydrogen-bond donors (Lipinski definition) is 0. The molecule has 2 aliphatic rings. The van der Waals surface area contributed by atoms with E-state index in [0.29, 0.717) is 17.5 Å². The van der Waals surface area contributed by atoms with Crippen molar-refractivity contribution in [2.75, 3.05) is 27.9 Å². The summed E-state index contributed by atoms with van der Waals surface area (Å²) in [7, 11) is 4.95. The summed E-state index contributed by atoms with van der Waals surface area (Å²) in [6.45, 7) is 0.944. The van der Waals surface area contributed by atoms with Gasteiger partial charge in [0.25, 0.3) is 0 Å². The number of rotatable bonds is 5. The van der Waals surface area contributed by atoms with Crippen molar-refractivity contribution >= 4 is 5.57 Å². The summed E-state index contributed by atoms with van der Waals surface area (Å²) >= 11 is 0. The Bertz CT molecular complexity index is 959. The van der Waals surface area contributed by atoms with E-state index in [1.54, 1.807) is 21.3 Å². The van der Waals surface area contributed by atoms with E-state index in [1.807, 2.05) is 30.3 Å². The normalized spacial score (nSPS) is 20.8. The summed E-state index contributed by atoms with van der Waals surface area (Å²) in [6.07, 6.45) is 3.27. The minimum atomic E-state index is 0.146. The molecule has 5 heteroatoms. The fourth-order valence-corrected chi connectivity index (χ4v) is 4.69. The Kier molecular flexibility index (Phi) is 5.35. The highest BCUT2D eigenvalue weighted by Crippen LogP contribution is 2.47. The molecular formula is C24H26N2O3.